The van der Waals surface area contributed by atoms with Crippen LogP contribution in [-0.2, 0) is 13.0 Å². The Morgan fingerprint density at radius 3 is 2.69 bits per heavy atom. The predicted molar refractivity (Wildman–Crippen MR) is 61.1 cm³/mol. The minimum atomic E-state index is 0.128. The van der Waals surface area contributed by atoms with Gasteiger partial charge in [-0.25, -0.2) is 4.68 Å². The maximum Gasteiger partial charge on any atom is 0.0829 e. The van der Waals surface area contributed by atoms with Gasteiger partial charge in [0.2, 0.25) is 0 Å². The minimum absolute atomic E-state index is 0.128. The Morgan fingerprint density at radius 1 is 1.25 bits per heavy atom. The molecule has 0 spiro atoms. The van der Waals surface area contributed by atoms with Crippen molar-refractivity contribution in [1.82, 2.24) is 15.0 Å². The molecule has 4 nitrogen and oxygen atoms in total. The van der Waals surface area contributed by atoms with Gasteiger partial charge in [0, 0.05) is 13.0 Å². The van der Waals surface area contributed by atoms with E-state index in [1.54, 1.807) is 0 Å². The van der Waals surface area contributed by atoms with Gasteiger partial charge in [-0.2, -0.15) is 0 Å². The Kier molecular flexibility index (Phi) is 3.31. The molecule has 1 heterocycles. The lowest BCUT2D eigenvalue weighted by molar-refractivity contribution is 0.295. The molecule has 0 aliphatic heterocycles. The maximum absolute atomic E-state index is 8.98. The molecule has 0 amide bonds. The fourth-order valence-corrected chi connectivity index (χ4v) is 1.72. The molecule has 0 bridgehead atoms. The number of aliphatic hydroxyl groups is 1. The highest BCUT2D eigenvalue weighted by atomic mass is 16.3. The van der Waals surface area contributed by atoms with Crippen LogP contribution in [0.3, 0.4) is 0 Å². The molecule has 1 aromatic carbocycles. The molecule has 0 saturated carbocycles. The van der Waals surface area contributed by atoms with Gasteiger partial charge in [0.05, 0.1) is 17.9 Å². The van der Waals surface area contributed by atoms with E-state index in [0.29, 0.717) is 13.0 Å². The number of hydrogen-bond acceptors (Lipinski definition) is 3. The lowest BCUT2D eigenvalue weighted by Crippen LogP contribution is -2.08. The fourth-order valence-electron chi connectivity index (χ4n) is 1.72. The first kappa shape index (κ1) is 10.8. The summed E-state index contributed by atoms with van der Waals surface area (Å²) in [4.78, 5) is 0. The quantitative estimate of drug-likeness (QED) is 0.836. The van der Waals surface area contributed by atoms with Crippen LogP contribution in [0.5, 0.6) is 0 Å². The highest BCUT2D eigenvalue weighted by Crippen LogP contribution is 2.08. The molecule has 0 atom stereocenters. The van der Waals surface area contributed by atoms with Crippen LogP contribution in [0.1, 0.15) is 17.0 Å². The van der Waals surface area contributed by atoms with E-state index < -0.39 is 0 Å². The average Bonchev–Trinajstić information content (AvgIpc) is 2.64. The fraction of sp³-hybridized carbons (Fsp3) is 0.333. The van der Waals surface area contributed by atoms with Gasteiger partial charge >= 0.3 is 0 Å². The Morgan fingerprint density at radius 2 is 2.00 bits per heavy atom. The van der Waals surface area contributed by atoms with E-state index >= 15 is 0 Å². The zero-order valence-electron chi connectivity index (χ0n) is 9.30. The lowest BCUT2D eigenvalue weighted by Gasteiger charge is -2.05. The number of aliphatic hydroxyl groups excluding tert-OH is 1. The Labute approximate surface area is 94.5 Å². The minimum Gasteiger partial charge on any atom is -0.396 e. The Bertz CT molecular complexity index is 451. The summed E-state index contributed by atoms with van der Waals surface area (Å²) in [6, 6.07) is 10.1. The molecule has 0 saturated heterocycles. The van der Waals surface area contributed by atoms with Crippen LogP contribution in [0.15, 0.2) is 30.3 Å². The smallest absolute Gasteiger partial charge is 0.0829 e. The molecule has 0 radical (unpaired) electrons. The lowest BCUT2D eigenvalue weighted by atomic mass is 10.2. The SMILES string of the molecule is Cc1nnn(Cc2ccccc2)c1CCO. The van der Waals surface area contributed by atoms with E-state index in [1.165, 1.54) is 5.56 Å². The zero-order chi connectivity index (χ0) is 11.4. The summed E-state index contributed by atoms with van der Waals surface area (Å²) in [7, 11) is 0. The number of hydrogen-bond donors (Lipinski definition) is 1. The largest absolute Gasteiger partial charge is 0.396 e. The molecule has 0 aliphatic rings. The topological polar surface area (TPSA) is 50.9 Å². The monoisotopic (exact) mass is 217 g/mol. The first-order chi connectivity index (χ1) is 7.81. The average molecular weight is 217 g/mol. The molecule has 2 aromatic rings. The van der Waals surface area contributed by atoms with Crippen molar-refractivity contribution < 1.29 is 5.11 Å². The summed E-state index contributed by atoms with van der Waals surface area (Å²) in [6.07, 6.45) is 0.603. The molecular formula is C12H15N3O. The van der Waals surface area contributed by atoms with Crippen LogP contribution in [0.25, 0.3) is 0 Å². The van der Waals surface area contributed by atoms with Crippen molar-refractivity contribution in [3.63, 3.8) is 0 Å². The summed E-state index contributed by atoms with van der Waals surface area (Å²) in [5.74, 6) is 0. The molecule has 0 fully saturated rings. The van der Waals surface area contributed by atoms with Crippen molar-refractivity contribution in [1.29, 1.82) is 0 Å². The maximum atomic E-state index is 8.98. The third kappa shape index (κ3) is 2.28. The van der Waals surface area contributed by atoms with Crippen molar-refractivity contribution in [2.24, 2.45) is 0 Å². The van der Waals surface area contributed by atoms with Crippen LogP contribution in [0.2, 0.25) is 0 Å². The van der Waals surface area contributed by atoms with Gasteiger partial charge in [-0.15, -0.1) is 5.10 Å². The van der Waals surface area contributed by atoms with Crippen molar-refractivity contribution in [3.05, 3.63) is 47.3 Å². The summed E-state index contributed by atoms with van der Waals surface area (Å²) in [5, 5.41) is 17.1. The van der Waals surface area contributed by atoms with E-state index in [1.807, 2.05) is 29.8 Å². The first-order valence-corrected chi connectivity index (χ1v) is 5.35. The first-order valence-electron chi connectivity index (χ1n) is 5.35. The number of aromatic nitrogens is 3. The molecular weight excluding hydrogens is 202 g/mol. The summed E-state index contributed by atoms with van der Waals surface area (Å²) < 4.78 is 1.85. The van der Waals surface area contributed by atoms with E-state index in [0.717, 1.165) is 11.4 Å². The van der Waals surface area contributed by atoms with Crippen LogP contribution in [0.4, 0.5) is 0 Å². The van der Waals surface area contributed by atoms with Gasteiger partial charge in [-0.05, 0) is 12.5 Å². The van der Waals surface area contributed by atoms with Gasteiger partial charge in [0.1, 0.15) is 0 Å². The number of aryl methyl sites for hydroxylation is 1. The Hall–Kier alpha value is -1.68. The normalized spacial score (nSPS) is 10.6. The molecule has 16 heavy (non-hydrogen) atoms. The van der Waals surface area contributed by atoms with Crippen molar-refractivity contribution in [2.45, 2.75) is 19.9 Å². The molecule has 84 valence electrons. The van der Waals surface area contributed by atoms with Crippen LogP contribution in [0, 0.1) is 6.92 Å². The number of benzene rings is 1. The summed E-state index contributed by atoms with van der Waals surface area (Å²) in [5.41, 5.74) is 3.09. The van der Waals surface area contributed by atoms with Gasteiger partial charge in [0.15, 0.2) is 0 Å². The molecule has 1 aromatic heterocycles. The third-order valence-electron chi connectivity index (χ3n) is 2.56. The van der Waals surface area contributed by atoms with Crippen LogP contribution in [-0.4, -0.2) is 26.7 Å². The highest BCUT2D eigenvalue weighted by molar-refractivity contribution is 5.17. The number of nitrogens with zero attached hydrogens (tertiary/aromatic N) is 3. The molecule has 0 unspecified atom stereocenters. The Balaban J connectivity index is 2.21. The van der Waals surface area contributed by atoms with Crippen molar-refractivity contribution in [2.75, 3.05) is 6.61 Å². The molecule has 1 N–H and O–H groups in total. The van der Waals surface area contributed by atoms with E-state index in [2.05, 4.69) is 22.4 Å². The van der Waals surface area contributed by atoms with Crippen molar-refractivity contribution in [3.8, 4) is 0 Å². The second kappa shape index (κ2) is 4.90. The third-order valence-corrected chi connectivity index (χ3v) is 2.56. The number of rotatable bonds is 4. The molecule has 0 aliphatic carbocycles. The highest BCUT2D eigenvalue weighted by Gasteiger charge is 2.08. The molecule has 4 heteroatoms. The predicted octanol–water partition coefficient (Wildman–Crippen LogP) is 1.17. The molecule has 2 rings (SSSR count). The second-order valence-electron chi connectivity index (χ2n) is 3.74. The van der Waals surface area contributed by atoms with Crippen LogP contribution >= 0.6 is 0 Å². The van der Waals surface area contributed by atoms with Gasteiger partial charge < -0.3 is 5.11 Å². The standard InChI is InChI=1S/C12H15N3O/c1-10-12(7-8-16)15(14-13-10)9-11-5-3-2-4-6-11/h2-6,16H,7-9H2,1H3. The summed E-state index contributed by atoms with van der Waals surface area (Å²) in [6.45, 7) is 2.75. The second-order valence-corrected chi connectivity index (χ2v) is 3.74. The van der Waals surface area contributed by atoms with Gasteiger partial charge in [-0.1, -0.05) is 35.5 Å². The van der Waals surface area contributed by atoms with Crippen molar-refractivity contribution >= 4 is 0 Å². The zero-order valence-corrected chi connectivity index (χ0v) is 9.30. The van der Waals surface area contributed by atoms with E-state index in [4.69, 9.17) is 5.11 Å². The summed E-state index contributed by atoms with van der Waals surface area (Å²) >= 11 is 0. The van der Waals surface area contributed by atoms with E-state index in [9.17, 15) is 0 Å². The van der Waals surface area contributed by atoms with Gasteiger partial charge in [0.25, 0.3) is 0 Å². The van der Waals surface area contributed by atoms with Gasteiger partial charge in [-0.3, -0.25) is 0 Å². The van der Waals surface area contributed by atoms with Crippen LogP contribution < -0.4 is 0 Å². The van der Waals surface area contributed by atoms with E-state index in [-0.39, 0.29) is 6.61 Å².